The van der Waals surface area contributed by atoms with Crippen LogP contribution in [0, 0.1) is 31.4 Å². The molecule has 0 spiro atoms. The van der Waals surface area contributed by atoms with Crippen molar-refractivity contribution in [1.29, 1.82) is 0 Å². The minimum Gasteiger partial charge on any atom is -0.488 e. The summed E-state index contributed by atoms with van der Waals surface area (Å²) in [6.07, 6.45) is 6.05. The maximum absolute atomic E-state index is 14.9. The van der Waals surface area contributed by atoms with E-state index >= 15 is 0 Å². The molecule has 7 rings (SSSR count). The number of benzene rings is 2. The molecule has 314 valence electrons. The molecule has 2 aromatic carbocycles. The van der Waals surface area contributed by atoms with Gasteiger partial charge in [0.2, 0.25) is 19.2 Å². The number of amides is 2. The number of hydrogen-bond acceptors (Lipinski definition) is 8. The highest BCUT2D eigenvalue weighted by atomic mass is 31.2. The Balaban J connectivity index is 1.22. The van der Waals surface area contributed by atoms with Gasteiger partial charge in [-0.1, -0.05) is 44.2 Å². The number of pyridine rings is 1. The summed E-state index contributed by atoms with van der Waals surface area (Å²) < 4.78 is 62.4. The molecule has 2 amide bonds. The molecule has 11 nitrogen and oxygen atoms in total. The number of carbonyl (C=O) groups excluding carboxylic acids is 3. The Morgan fingerprint density at radius 2 is 1.67 bits per heavy atom. The van der Waals surface area contributed by atoms with E-state index < -0.39 is 71.9 Å². The smallest absolute Gasteiger partial charge is 0.408 e. The molecule has 14 heteroatoms. The molecule has 1 aromatic heterocycles. The third-order valence-electron chi connectivity index (χ3n) is 13.0. The topological polar surface area (TPSA) is 144 Å². The molecule has 58 heavy (non-hydrogen) atoms. The molecular formula is C44H56F2N3O8P. The van der Waals surface area contributed by atoms with Crippen LogP contribution in [0.2, 0.25) is 0 Å². The van der Waals surface area contributed by atoms with E-state index in [4.69, 9.17) is 19.2 Å². The van der Waals surface area contributed by atoms with Gasteiger partial charge in [0.05, 0.1) is 36.0 Å². The molecule has 4 fully saturated rings. The lowest BCUT2D eigenvalue weighted by Crippen LogP contribution is -2.52. The number of aryl methyl sites for hydroxylation is 2. The van der Waals surface area contributed by atoms with Crippen molar-refractivity contribution in [3.63, 3.8) is 0 Å². The van der Waals surface area contributed by atoms with Crippen LogP contribution in [0.15, 0.2) is 36.4 Å². The van der Waals surface area contributed by atoms with Gasteiger partial charge >= 0.3 is 6.09 Å². The number of rotatable bonds is 9. The fourth-order valence-electron chi connectivity index (χ4n) is 9.45. The second-order valence-electron chi connectivity index (χ2n) is 16.8. The Morgan fingerprint density at radius 1 is 0.983 bits per heavy atom. The van der Waals surface area contributed by atoms with Gasteiger partial charge in [0.15, 0.2) is 5.78 Å². The molecule has 2 unspecified atom stereocenters. The van der Waals surface area contributed by atoms with Gasteiger partial charge in [-0.3, -0.25) is 14.2 Å². The second kappa shape index (κ2) is 17.6. The van der Waals surface area contributed by atoms with Crippen molar-refractivity contribution >= 4 is 36.1 Å². The maximum Gasteiger partial charge on any atom is 0.408 e. The van der Waals surface area contributed by atoms with Gasteiger partial charge in [-0.25, -0.2) is 18.6 Å². The molecule has 6 atom stereocenters. The Kier molecular flexibility index (Phi) is 12.8. The summed E-state index contributed by atoms with van der Waals surface area (Å²) >= 11 is 0. The predicted molar refractivity (Wildman–Crippen MR) is 215 cm³/mol. The Morgan fingerprint density at radius 3 is 2.40 bits per heavy atom. The Labute approximate surface area is 339 Å². The molecule has 3 aromatic rings. The van der Waals surface area contributed by atoms with Crippen LogP contribution in [0.3, 0.4) is 0 Å². The molecular weight excluding hydrogens is 767 g/mol. The van der Waals surface area contributed by atoms with Crippen LogP contribution < -0.4 is 14.8 Å². The van der Waals surface area contributed by atoms with Crippen molar-refractivity contribution in [3.8, 4) is 11.6 Å². The summed E-state index contributed by atoms with van der Waals surface area (Å²) in [5.74, 6) is -2.15. The molecule has 2 aliphatic heterocycles. The van der Waals surface area contributed by atoms with E-state index in [0.29, 0.717) is 43.0 Å². The van der Waals surface area contributed by atoms with E-state index in [2.05, 4.69) is 5.32 Å². The third kappa shape index (κ3) is 8.91. The van der Waals surface area contributed by atoms with Gasteiger partial charge in [-0.15, -0.1) is 0 Å². The van der Waals surface area contributed by atoms with Gasteiger partial charge in [-0.2, -0.15) is 0 Å². The van der Waals surface area contributed by atoms with Crippen LogP contribution in [0.1, 0.15) is 114 Å². The minimum atomic E-state index is -4.40. The zero-order valence-electron chi connectivity index (χ0n) is 33.8. The lowest BCUT2D eigenvalue weighted by molar-refractivity contribution is -0.139. The predicted octanol–water partition coefficient (Wildman–Crippen LogP) is 8.85. The maximum atomic E-state index is 14.9. The average molecular weight is 824 g/mol. The largest absolute Gasteiger partial charge is 0.488 e. The summed E-state index contributed by atoms with van der Waals surface area (Å²) in [4.78, 5) is 60.7. The number of nitrogens with one attached hydrogen (secondary N) is 1. The molecule has 4 aliphatic rings. The van der Waals surface area contributed by atoms with Crippen LogP contribution in [0.25, 0.3) is 10.9 Å². The number of fused-ring (bicyclic) bond motifs is 3. The molecule has 0 bridgehead atoms. The zero-order chi connectivity index (χ0) is 41.2. The molecule has 3 heterocycles. The van der Waals surface area contributed by atoms with Gasteiger partial charge in [0.1, 0.15) is 35.6 Å². The standard InChI is InChI=1S/C44H56F2N3O8P/c1-4-55-40-22-39(32-20-19-27(2)28(3)41(32)48-40)56-31-21-37-38(50)24-44(58(53,54)26-33-34(45)16-12-17-35(33)46)23-29(44)13-8-6-5-7-9-18-36(42(51)49(37)25-31)47-43(52)57-30-14-10-11-15-30/h12,16-17,19-20,22,29-31,36-37H,4-11,13-15,18,21,23-26H2,1-3H3,(H,47,52)(H,53,54)/t29-,31?,36+,37+,44-/m1/s1. The minimum absolute atomic E-state index is 0.0113. The zero-order valence-corrected chi connectivity index (χ0v) is 34.7. The third-order valence-corrected chi connectivity index (χ3v) is 15.8. The first kappa shape index (κ1) is 42.0. The quantitative estimate of drug-likeness (QED) is 0.202. The van der Waals surface area contributed by atoms with Crippen molar-refractivity contribution in [2.45, 2.75) is 146 Å². The van der Waals surface area contributed by atoms with Gasteiger partial charge in [0, 0.05) is 29.9 Å². The Bertz CT molecular complexity index is 2060. The van der Waals surface area contributed by atoms with E-state index in [-0.39, 0.29) is 37.8 Å². The first-order valence-electron chi connectivity index (χ1n) is 21.1. The number of halogens is 2. The van der Waals surface area contributed by atoms with Gasteiger partial charge in [0.25, 0.3) is 0 Å². The lowest BCUT2D eigenvalue weighted by atomic mass is 10.0. The van der Waals surface area contributed by atoms with E-state index in [0.717, 1.165) is 80.0 Å². The molecule has 0 radical (unpaired) electrons. The van der Waals surface area contributed by atoms with Gasteiger partial charge in [-0.05, 0) is 101 Å². The number of hydrogen-bond donors (Lipinski definition) is 2. The van der Waals surface area contributed by atoms with Crippen molar-refractivity contribution in [3.05, 3.63) is 64.7 Å². The monoisotopic (exact) mass is 823 g/mol. The van der Waals surface area contributed by atoms with Crippen molar-refractivity contribution in [2.75, 3.05) is 13.2 Å². The van der Waals surface area contributed by atoms with Crippen LogP contribution in [0.4, 0.5) is 13.6 Å². The first-order chi connectivity index (χ1) is 27.8. The fraction of sp³-hybridized carbons (Fsp3) is 0.591. The molecule has 2 N–H and O–H groups in total. The highest BCUT2D eigenvalue weighted by Crippen LogP contribution is 2.75. The first-order valence-corrected chi connectivity index (χ1v) is 22.9. The molecule has 2 saturated carbocycles. The normalized spacial score (nSPS) is 26.9. The number of alkyl carbamates (subject to hydrolysis) is 1. The lowest BCUT2D eigenvalue weighted by Gasteiger charge is -2.30. The molecule has 2 saturated heterocycles. The van der Waals surface area contributed by atoms with Gasteiger partial charge < -0.3 is 29.3 Å². The van der Waals surface area contributed by atoms with E-state index in [9.17, 15) is 32.6 Å². The summed E-state index contributed by atoms with van der Waals surface area (Å²) in [6, 6.07) is 6.91. The van der Waals surface area contributed by atoms with Crippen LogP contribution in [-0.4, -0.2) is 75.2 Å². The summed E-state index contributed by atoms with van der Waals surface area (Å²) in [5.41, 5.74) is 2.24. The van der Waals surface area contributed by atoms with Crippen LogP contribution >= 0.6 is 7.37 Å². The second-order valence-corrected chi connectivity index (χ2v) is 19.4. The summed E-state index contributed by atoms with van der Waals surface area (Å²) in [6.45, 7) is 6.21. The van der Waals surface area contributed by atoms with Crippen molar-refractivity contribution < 1.29 is 46.8 Å². The van der Waals surface area contributed by atoms with E-state index in [1.807, 2.05) is 32.9 Å². The number of aromatic nitrogens is 1. The fourth-order valence-corrected chi connectivity index (χ4v) is 12.1. The number of ether oxygens (including phenoxy) is 3. The number of nitrogens with zero attached hydrogens (tertiary/aromatic N) is 2. The average Bonchev–Trinajstić information content (AvgIpc) is 3.45. The van der Waals surface area contributed by atoms with Crippen LogP contribution in [0.5, 0.6) is 11.6 Å². The van der Waals surface area contributed by atoms with Crippen molar-refractivity contribution in [1.82, 2.24) is 15.2 Å². The summed E-state index contributed by atoms with van der Waals surface area (Å²) in [5, 5.41) is 2.19. The highest BCUT2D eigenvalue weighted by Gasteiger charge is 2.66. The van der Waals surface area contributed by atoms with E-state index in [1.165, 1.54) is 11.0 Å². The number of Topliss-reactive ketones (excluding diaryl/α,β-unsaturated/α-hetero) is 1. The Hall–Kier alpha value is -4.09. The van der Waals surface area contributed by atoms with E-state index in [1.54, 1.807) is 6.07 Å². The van der Waals surface area contributed by atoms with Crippen LogP contribution in [-0.2, 0) is 25.1 Å². The summed E-state index contributed by atoms with van der Waals surface area (Å²) in [7, 11) is -4.40. The number of ketones is 1. The SMILES string of the molecule is CCOc1cc(OC2C[C@H]3C(=O)C[C@]4(P(=O)(O)Cc5c(F)cccc5F)C[C@H]4CCCCCCC[C@H](NC(=O)OC4CCCC4)C(=O)N3C2)c2ccc(C)c(C)c2n1. The highest BCUT2D eigenvalue weighted by molar-refractivity contribution is 7.59. The number of carbonyl (C=O) groups is 3. The molecule has 2 aliphatic carbocycles. The van der Waals surface area contributed by atoms with Crippen molar-refractivity contribution in [2.24, 2.45) is 5.92 Å².